The average Bonchev–Trinajstić information content (AvgIpc) is 3.49. The van der Waals surface area contributed by atoms with Crippen LogP contribution in [0.2, 0.25) is 0 Å². The molecule has 196 valence electrons. The Kier molecular flexibility index (Phi) is 11.1. The lowest BCUT2D eigenvalue weighted by molar-refractivity contribution is -0.143. The number of aromatic nitrogens is 2. The maximum atomic E-state index is 13.1. The third-order valence-corrected chi connectivity index (χ3v) is 6.05. The first-order chi connectivity index (χ1) is 16.6. The van der Waals surface area contributed by atoms with E-state index in [1.54, 1.807) is 0 Å². The Morgan fingerprint density at radius 3 is 2.57 bits per heavy atom. The Bertz CT molecular complexity index is 845. The molecule has 4 atom stereocenters. The van der Waals surface area contributed by atoms with Gasteiger partial charge in [-0.05, 0) is 51.0 Å². The molecule has 1 aromatic rings. The molecule has 0 aromatic carbocycles. The number of carboxylic acid groups (broad SMARTS) is 1. The first-order valence-corrected chi connectivity index (χ1v) is 12.2. The van der Waals surface area contributed by atoms with Gasteiger partial charge in [0, 0.05) is 24.9 Å². The van der Waals surface area contributed by atoms with Crippen LogP contribution in [-0.4, -0.2) is 80.9 Å². The molecule has 1 aliphatic heterocycles. The highest BCUT2D eigenvalue weighted by Crippen LogP contribution is 2.20. The summed E-state index contributed by atoms with van der Waals surface area (Å²) in [7, 11) is 0. The lowest BCUT2D eigenvalue weighted by Crippen LogP contribution is -2.56. The molecule has 12 heteroatoms. The second-order valence-corrected chi connectivity index (χ2v) is 9.45. The van der Waals surface area contributed by atoms with Crippen LogP contribution < -0.4 is 22.1 Å². The van der Waals surface area contributed by atoms with Crippen molar-refractivity contribution in [1.82, 2.24) is 25.5 Å². The quantitative estimate of drug-likeness (QED) is 0.186. The van der Waals surface area contributed by atoms with Crippen LogP contribution >= 0.6 is 0 Å². The molecule has 1 aromatic heterocycles. The van der Waals surface area contributed by atoms with Crippen LogP contribution in [0.1, 0.15) is 58.1 Å². The van der Waals surface area contributed by atoms with Gasteiger partial charge in [0.2, 0.25) is 17.7 Å². The molecule has 3 amide bonds. The summed E-state index contributed by atoms with van der Waals surface area (Å²) in [5.41, 5.74) is 12.2. The SMILES string of the molecule is CC(C)CC(N)C(=O)N1CCCC1C(=O)NC(CCCCN)C(=O)NC(Cc1cnc[nH]1)C(=O)O. The van der Waals surface area contributed by atoms with Crippen molar-refractivity contribution in [2.75, 3.05) is 13.1 Å². The normalized spacial score (nSPS) is 18.2. The summed E-state index contributed by atoms with van der Waals surface area (Å²) in [5, 5.41) is 14.8. The summed E-state index contributed by atoms with van der Waals surface area (Å²) >= 11 is 0. The Hall–Kier alpha value is -2.99. The van der Waals surface area contributed by atoms with Crippen LogP contribution in [0, 0.1) is 5.92 Å². The molecule has 35 heavy (non-hydrogen) atoms. The van der Waals surface area contributed by atoms with Crippen molar-refractivity contribution in [3.05, 3.63) is 18.2 Å². The van der Waals surface area contributed by atoms with Crippen LogP contribution in [0.5, 0.6) is 0 Å². The van der Waals surface area contributed by atoms with Crippen molar-refractivity contribution in [2.45, 2.75) is 83.0 Å². The van der Waals surface area contributed by atoms with Crippen molar-refractivity contribution in [1.29, 1.82) is 0 Å². The predicted octanol–water partition coefficient (Wildman–Crippen LogP) is -0.500. The second kappa shape index (κ2) is 13.8. The molecule has 8 N–H and O–H groups in total. The van der Waals surface area contributed by atoms with Crippen molar-refractivity contribution in [3.63, 3.8) is 0 Å². The minimum absolute atomic E-state index is 0.0170. The number of hydrogen-bond acceptors (Lipinski definition) is 7. The molecule has 0 spiro atoms. The summed E-state index contributed by atoms with van der Waals surface area (Å²) in [6.45, 7) is 4.81. The first-order valence-electron chi connectivity index (χ1n) is 12.2. The van der Waals surface area contributed by atoms with E-state index in [0.29, 0.717) is 57.3 Å². The van der Waals surface area contributed by atoms with E-state index >= 15 is 0 Å². The smallest absolute Gasteiger partial charge is 0.326 e. The molecule has 0 radical (unpaired) electrons. The number of unbranched alkanes of at least 4 members (excludes halogenated alkanes) is 1. The number of amides is 3. The molecule has 4 unspecified atom stereocenters. The molecular weight excluding hydrogens is 454 g/mol. The second-order valence-electron chi connectivity index (χ2n) is 9.45. The van der Waals surface area contributed by atoms with Gasteiger partial charge in [0.05, 0.1) is 12.4 Å². The highest BCUT2D eigenvalue weighted by Gasteiger charge is 2.38. The third-order valence-electron chi connectivity index (χ3n) is 6.05. The topological polar surface area (TPSA) is 197 Å². The van der Waals surface area contributed by atoms with Gasteiger partial charge in [-0.1, -0.05) is 13.8 Å². The van der Waals surface area contributed by atoms with Crippen molar-refractivity contribution >= 4 is 23.7 Å². The number of carbonyl (C=O) groups is 4. The van der Waals surface area contributed by atoms with Crippen LogP contribution in [0.15, 0.2) is 12.5 Å². The molecule has 0 aliphatic carbocycles. The molecular formula is C23H39N7O5. The Morgan fingerprint density at radius 1 is 1.23 bits per heavy atom. The Labute approximate surface area is 205 Å². The van der Waals surface area contributed by atoms with Gasteiger partial charge in [-0.3, -0.25) is 14.4 Å². The number of nitrogens with one attached hydrogen (secondary N) is 3. The summed E-state index contributed by atoms with van der Waals surface area (Å²) in [6.07, 6.45) is 6.08. The van der Waals surface area contributed by atoms with Crippen LogP contribution in [0.4, 0.5) is 0 Å². The summed E-state index contributed by atoms with van der Waals surface area (Å²) in [6, 6.07) is -3.56. The molecule has 2 rings (SSSR count). The number of aliphatic carboxylic acids is 1. The number of carboxylic acids is 1. The fourth-order valence-electron chi connectivity index (χ4n) is 4.24. The van der Waals surface area contributed by atoms with Gasteiger partial charge in [0.1, 0.15) is 18.1 Å². The molecule has 0 bridgehead atoms. The van der Waals surface area contributed by atoms with Crippen molar-refractivity contribution < 1.29 is 24.3 Å². The maximum Gasteiger partial charge on any atom is 0.326 e. The Morgan fingerprint density at radius 2 is 1.97 bits per heavy atom. The van der Waals surface area contributed by atoms with Crippen LogP contribution in [0.25, 0.3) is 0 Å². The standard InChI is InChI=1S/C23H39N7O5/c1-14(2)10-16(25)22(33)30-9-5-7-19(30)21(32)28-17(6-3-4-8-24)20(31)29-18(23(34)35)11-15-12-26-13-27-15/h12-14,16-19H,3-11,24-25H2,1-2H3,(H,26,27)(H,28,32)(H,29,31)(H,34,35). The van der Waals surface area contributed by atoms with Gasteiger partial charge in [-0.15, -0.1) is 0 Å². The first kappa shape index (κ1) is 28.2. The zero-order chi connectivity index (χ0) is 26.0. The van der Waals surface area contributed by atoms with Gasteiger partial charge in [0.15, 0.2) is 0 Å². The molecule has 12 nitrogen and oxygen atoms in total. The fraction of sp³-hybridized carbons (Fsp3) is 0.696. The van der Waals surface area contributed by atoms with Gasteiger partial charge in [-0.25, -0.2) is 9.78 Å². The van der Waals surface area contributed by atoms with Gasteiger partial charge in [-0.2, -0.15) is 0 Å². The molecule has 1 saturated heterocycles. The van der Waals surface area contributed by atoms with Gasteiger partial charge in [0.25, 0.3) is 0 Å². The number of rotatable bonds is 14. The number of carbonyl (C=O) groups excluding carboxylic acids is 3. The number of nitrogens with zero attached hydrogens (tertiary/aromatic N) is 2. The lowest BCUT2D eigenvalue weighted by atomic mass is 10.0. The zero-order valence-electron chi connectivity index (χ0n) is 20.5. The fourth-order valence-corrected chi connectivity index (χ4v) is 4.24. The van der Waals surface area contributed by atoms with E-state index in [9.17, 15) is 24.3 Å². The van der Waals surface area contributed by atoms with E-state index in [-0.39, 0.29) is 18.2 Å². The van der Waals surface area contributed by atoms with E-state index in [2.05, 4.69) is 20.6 Å². The third kappa shape index (κ3) is 8.62. The van der Waals surface area contributed by atoms with E-state index in [1.165, 1.54) is 17.4 Å². The summed E-state index contributed by atoms with van der Waals surface area (Å²) in [4.78, 5) is 58.9. The van der Waals surface area contributed by atoms with E-state index < -0.39 is 42.0 Å². The van der Waals surface area contributed by atoms with Crippen LogP contribution in [0.3, 0.4) is 0 Å². The minimum atomic E-state index is -1.20. The molecule has 2 heterocycles. The Balaban J connectivity index is 2.08. The number of nitrogens with two attached hydrogens (primary N) is 2. The van der Waals surface area contributed by atoms with Gasteiger partial charge < -0.3 is 37.1 Å². The lowest BCUT2D eigenvalue weighted by Gasteiger charge is -2.29. The minimum Gasteiger partial charge on any atom is -0.480 e. The number of hydrogen-bond donors (Lipinski definition) is 6. The largest absolute Gasteiger partial charge is 0.480 e. The highest BCUT2D eigenvalue weighted by molar-refractivity contribution is 5.94. The van der Waals surface area contributed by atoms with E-state index in [4.69, 9.17) is 11.5 Å². The number of H-pyrrole nitrogens is 1. The van der Waals surface area contributed by atoms with Crippen LogP contribution in [-0.2, 0) is 25.6 Å². The van der Waals surface area contributed by atoms with Crippen molar-refractivity contribution in [3.8, 4) is 0 Å². The maximum absolute atomic E-state index is 13.1. The number of likely N-dealkylation sites (tertiary alicyclic amines) is 1. The zero-order valence-corrected chi connectivity index (χ0v) is 20.5. The van der Waals surface area contributed by atoms with Crippen molar-refractivity contribution in [2.24, 2.45) is 17.4 Å². The van der Waals surface area contributed by atoms with E-state index in [0.717, 1.165) is 0 Å². The number of aromatic amines is 1. The number of imidazole rings is 1. The van der Waals surface area contributed by atoms with Gasteiger partial charge >= 0.3 is 5.97 Å². The van der Waals surface area contributed by atoms with E-state index in [1.807, 2.05) is 13.8 Å². The highest BCUT2D eigenvalue weighted by atomic mass is 16.4. The average molecular weight is 494 g/mol. The summed E-state index contributed by atoms with van der Waals surface area (Å²) < 4.78 is 0. The molecule has 1 aliphatic rings. The molecule has 0 saturated carbocycles. The molecule has 1 fully saturated rings. The summed E-state index contributed by atoms with van der Waals surface area (Å²) in [5.74, 6) is -2.28. The predicted molar refractivity (Wildman–Crippen MR) is 129 cm³/mol. The monoisotopic (exact) mass is 493 g/mol.